The van der Waals surface area contributed by atoms with Gasteiger partial charge < -0.3 is 18.9 Å². The number of amides is 1. The summed E-state index contributed by atoms with van der Waals surface area (Å²) in [7, 11) is 1.65. The van der Waals surface area contributed by atoms with Gasteiger partial charge >= 0.3 is 0 Å². The maximum absolute atomic E-state index is 12.1. The number of imidazole rings is 1. The Morgan fingerprint density at radius 3 is 2.66 bits per heavy atom. The lowest BCUT2D eigenvalue weighted by molar-refractivity contribution is -0.129. The lowest BCUT2D eigenvalue weighted by Crippen LogP contribution is -2.30. The molecule has 152 valence electrons. The quantitative estimate of drug-likeness (QED) is 0.565. The van der Waals surface area contributed by atoms with E-state index < -0.39 is 0 Å². The lowest BCUT2D eigenvalue weighted by Gasteiger charge is -2.24. The Bertz CT molecular complexity index is 981. The minimum absolute atomic E-state index is 0.0578. The summed E-state index contributed by atoms with van der Waals surface area (Å²) < 4.78 is 13.3. The topological polar surface area (TPSA) is 56.6 Å². The molecule has 0 radical (unpaired) electrons. The summed E-state index contributed by atoms with van der Waals surface area (Å²) in [5, 5.41) is 0. The van der Waals surface area contributed by atoms with Gasteiger partial charge in [-0.25, -0.2) is 4.98 Å². The summed E-state index contributed by atoms with van der Waals surface area (Å²) in [4.78, 5) is 18.9. The van der Waals surface area contributed by atoms with Gasteiger partial charge in [0, 0.05) is 20.0 Å². The van der Waals surface area contributed by atoms with E-state index in [4.69, 9.17) is 14.5 Å². The fourth-order valence-corrected chi connectivity index (χ4v) is 4.08. The van der Waals surface area contributed by atoms with Gasteiger partial charge in [-0.15, -0.1) is 0 Å². The predicted octanol–water partition coefficient (Wildman–Crippen LogP) is 4.20. The highest BCUT2D eigenvalue weighted by atomic mass is 16.5. The number of carbonyl (C=O) groups excluding carboxylic acids is 1. The van der Waals surface area contributed by atoms with Gasteiger partial charge in [0.25, 0.3) is 0 Å². The van der Waals surface area contributed by atoms with Crippen LogP contribution < -0.4 is 9.47 Å². The highest BCUT2D eigenvalue weighted by Gasteiger charge is 2.31. The van der Waals surface area contributed by atoms with Crippen LogP contribution in [0.3, 0.4) is 0 Å². The average Bonchev–Trinajstić information content (AvgIpc) is 3.36. The molecule has 2 aromatic carbocycles. The number of fused-ring (bicyclic) bond motifs is 1. The SMILES string of the molecule is COc1ccc(OCCCn2c([C@@H]3CCCN3C(C)=O)nc3ccccc32)cc1. The molecule has 0 N–H and O–H groups in total. The van der Waals surface area contributed by atoms with E-state index >= 15 is 0 Å². The van der Waals surface area contributed by atoms with Crippen LogP contribution in [0.1, 0.15) is 38.1 Å². The van der Waals surface area contributed by atoms with Crippen molar-refractivity contribution in [3.63, 3.8) is 0 Å². The van der Waals surface area contributed by atoms with Gasteiger partial charge in [-0.05, 0) is 55.7 Å². The van der Waals surface area contributed by atoms with Crippen LogP contribution in [-0.2, 0) is 11.3 Å². The molecular weight excluding hydrogens is 366 g/mol. The monoisotopic (exact) mass is 393 g/mol. The molecule has 1 fully saturated rings. The van der Waals surface area contributed by atoms with Crippen LogP contribution >= 0.6 is 0 Å². The molecule has 1 amide bonds. The Labute approximate surface area is 171 Å². The van der Waals surface area contributed by atoms with Gasteiger partial charge in [-0.1, -0.05) is 12.1 Å². The van der Waals surface area contributed by atoms with E-state index in [2.05, 4.69) is 10.6 Å². The molecule has 0 unspecified atom stereocenters. The molecule has 1 aliphatic heterocycles. The van der Waals surface area contributed by atoms with E-state index in [0.29, 0.717) is 6.61 Å². The third kappa shape index (κ3) is 4.06. The van der Waals surface area contributed by atoms with E-state index in [1.165, 1.54) is 0 Å². The Morgan fingerprint density at radius 1 is 1.14 bits per heavy atom. The highest BCUT2D eigenvalue weighted by Crippen LogP contribution is 2.33. The zero-order valence-electron chi connectivity index (χ0n) is 17.0. The molecule has 1 aliphatic rings. The molecule has 1 atom stereocenters. The van der Waals surface area contributed by atoms with Gasteiger partial charge in [0.1, 0.15) is 17.3 Å². The van der Waals surface area contributed by atoms with Gasteiger partial charge in [-0.3, -0.25) is 4.79 Å². The Kier molecular flexibility index (Phi) is 5.69. The lowest BCUT2D eigenvalue weighted by atomic mass is 10.2. The molecule has 1 aromatic heterocycles. The largest absolute Gasteiger partial charge is 0.497 e. The van der Waals surface area contributed by atoms with Crippen molar-refractivity contribution < 1.29 is 14.3 Å². The van der Waals surface area contributed by atoms with Crippen LogP contribution in [-0.4, -0.2) is 40.6 Å². The zero-order chi connectivity index (χ0) is 20.2. The maximum Gasteiger partial charge on any atom is 0.220 e. The number of hydrogen-bond donors (Lipinski definition) is 0. The van der Waals surface area contributed by atoms with Crippen molar-refractivity contribution in [3.05, 3.63) is 54.4 Å². The van der Waals surface area contributed by atoms with Gasteiger partial charge in [0.05, 0.1) is 30.8 Å². The first kappa shape index (κ1) is 19.3. The van der Waals surface area contributed by atoms with Crippen LogP contribution in [0.2, 0.25) is 0 Å². The number of likely N-dealkylation sites (tertiary alicyclic amines) is 1. The predicted molar refractivity (Wildman–Crippen MR) is 112 cm³/mol. The van der Waals surface area contributed by atoms with Gasteiger partial charge in [-0.2, -0.15) is 0 Å². The number of benzene rings is 2. The third-order valence-corrected chi connectivity index (χ3v) is 5.49. The van der Waals surface area contributed by atoms with E-state index in [-0.39, 0.29) is 11.9 Å². The Morgan fingerprint density at radius 2 is 1.90 bits per heavy atom. The number of nitrogens with zero attached hydrogens (tertiary/aromatic N) is 3. The summed E-state index contributed by atoms with van der Waals surface area (Å²) in [5.41, 5.74) is 2.09. The Balaban J connectivity index is 1.49. The van der Waals surface area contributed by atoms with Crippen molar-refractivity contribution in [2.24, 2.45) is 0 Å². The average molecular weight is 393 g/mol. The molecule has 3 aromatic rings. The van der Waals surface area contributed by atoms with Crippen LogP contribution in [0.25, 0.3) is 11.0 Å². The van der Waals surface area contributed by atoms with Crippen LogP contribution in [0.5, 0.6) is 11.5 Å². The van der Waals surface area contributed by atoms with Crippen molar-refractivity contribution in [3.8, 4) is 11.5 Å². The number of aromatic nitrogens is 2. The van der Waals surface area contributed by atoms with E-state index in [0.717, 1.165) is 60.7 Å². The number of rotatable bonds is 7. The first-order valence-electron chi connectivity index (χ1n) is 10.2. The Hall–Kier alpha value is -3.02. The van der Waals surface area contributed by atoms with Crippen molar-refractivity contribution in [1.82, 2.24) is 14.5 Å². The number of ether oxygens (including phenoxy) is 2. The highest BCUT2D eigenvalue weighted by molar-refractivity contribution is 5.77. The molecular formula is C23H27N3O3. The standard InChI is InChI=1S/C23H27N3O3/c1-17(27)25-14-5-9-22(25)23-24-20-7-3-4-8-21(20)26(23)15-6-16-29-19-12-10-18(28-2)11-13-19/h3-4,7-8,10-13,22H,5-6,9,14-16H2,1-2H3/t22-/m0/s1. The minimum atomic E-state index is 0.0578. The van der Waals surface area contributed by atoms with Gasteiger partial charge in [0.2, 0.25) is 5.91 Å². The van der Waals surface area contributed by atoms with E-state index in [1.54, 1.807) is 14.0 Å². The molecule has 0 saturated carbocycles. The van der Waals surface area contributed by atoms with E-state index in [1.807, 2.05) is 47.4 Å². The summed E-state index contributed by atoms with van der Waals surface area (Å²) >= 11 is 0. The molecule has 0 spiro atoms. The molecule has 6 nitrogen and oxygen atoms in total. The molecule has 6 heteroatoms. The third-order valence-electron chi connectivity index (χ3n) is 5.49. The maximum atomic E-state index is 12.1. The zero-order valence-corrected chi connectivity index (χ0v) is 17.0. The second kappa shape index (κ2) is 8.55. The summed E-state index contributed by atoms with van der Waals surface area (Å²) in [6.07, 6.45) is 2.84. The molecule has 29 heavy (non-hydrogen) atoms. The number of hydrogen-bond acceptors (Lipinski definition) is 4. The minimum Gasteiger partial charge on any atom is -0.497 e. The van der Waals surface area contributed by atoms with E-state index in [9.17, 15) is 4.79 Å². The molecule has 0 bridgehead atoms. The van der Waals surface area contributed by atoms with Crippen molar-refractivity contribution in [2.75, 3.05) is 20.3 Å². The number of carbonyl (C=O) groups is 1. The molecule has 4 rings (SSSR count). The number of para-hydroxylation sites is 2. The summed E-state index contributed by atoms with van der Waals surface area (Å²) in [6, 6.07) is 15.9. The van der Waals surface area contributed by atoms with Crippen molar-refractivity contribution in [2.45, 2.75) is 38.8 Å². The van der Waals surface area contributed by atoms with Crippen LogP contribution in [0.15, 0.2) is 48.5 Å². The normalized spacial score (nSPS) is 16.3. The number of aryl methyl sites for hydroxylation is 1. The van der Waals surface area contributed by atoms with Gasteiger partial charge in [0.15, 0.2) is 0 Å². The summed E-state index contributed by atoms with van der Waals surface area (Å²) in [5.74, 6) is 2.76. The fraction of sp³-hybridized carbons (Fsp3) is 0.391. The second-order valence-corrected chi connectivity index (χ2v) is 7.36. The van der Waals surface area contributed by atoms with Crippen LogP contribution in [0.4, 0.5) is 0 Å². The molecule has 0 aliphatic carbocycles. The summed E-state index contributed by atoms with van der Waals surface area (Å²) in [6.45, 7) is 3.87. The van der Waals surface area contributed by atoms with Crippen LogP contribution in [0, 0.1) is 0 Å². The fourth-order valence-electron chi connectivity index (χ4n) is 4.08. The molecule has 1 saturated heterocycles. The second-order valence-electron chi connectivity index (χ2n) is 7.36. The number of methoxy groups -OCH3 is 1. The first-order valence-corrected chi connectivity index (χ1v) is 10.2. The van der Waals surface area contributed by atoms with Crippen molar-refractivity contribution >= 4 is 16.9 Å². The van der Waals surface area contributed by atoms with Crippen molar-refractivity contribution in [1.29, 1.82) is 0 Å². The first-order chi connectivity index (χ1) is 14.2. The molecule has 2 heterocycles. The smallest absolute Gasteiger partial charge is 0.220 e.